The van der Waals surface area contributed by atoms with Gasteiger partial charge in [0.2, 0.25) is 15.9 Å². The molecular weight excluding hydrogens is 360 g/mol. The van der Waals surface area contributed by atoms with E-state index in [4.69, 9.17) is 0 Å². The third kappa shape index (κ3) is 5.57. The van der Waals surface area contributed by atoms with E-state index in [1.807, 2.05) is 45.9 Å². The second-order valence-corrected chi connectivity index (χ2v) is 8.90. The normalized spacial score (nSPS) is 12.5. The summed E-state index contributed by atoms with van der Waals surface area (Å²) in [5, 5.41) is 2.99. The minimum atomic E-state index is -3.58. The molecule has 5 nitrogen and oxygen atoms in total. The van der Waals surface area contributed by atoms with E-state index < -0.39 is 10.0 Å². The van der Waals surface area contributed by atoms with Crippen LogP contribution in [0.2, 0.25) is 0 Å². The molecule has 0 bridgehead atoms. The molecule has 0 fully saturated rings. The van der Waals surface area contributed by atoms with Gasteiger partial charge >= 0.3 is 0 Å². The molecule has 6 heteroatoms. The van der Waals surface area contributed by atoms with Crippen LogP contribution in [-0.2, 0) is 14.8 Å². The van der Waals surface area contributed by atoms with E-state index >= 15 is 0 Å². The Balaban J connectivity index is 2.22. The third-order valence-electron chi connectivity index (χ3n) is 4.52. The zero-order valence-corrected chi connectivity index (χ0v) is 17.4. The molecule has 2 rings (SSSR count). The summed E-state index contributed by atoms with van der Waals surface area (Å²) in [6, 6.07) is 13.1. The predicted molar refractivity (Wildman–Crippen MR) is 110 cm³/mol. The molecular formula is C21H28N2O3S. The zero-order valence-electron chi connectivity index (χ0n) is 16.6. The fourth-order valence-electron chi connectivity index (χ4n) is 3.17. The molecule has 146 valence electrons. The molecule has 2 aromatic rings. The molecule has 0 aliphatic carbocycles. The van der Waals surface area contributed by atoms with Crippen molar-refractivity contribution in [3.63, 3.8) is 0 Å². The monoisotopic (exact) mass is 388 g/mol. The van der Waals surface area contributed by atoms with Crippen LogP contribution in [0.5, 0.6) is 0 Å². The summed E-state index contributed by atoms with van der Waals surface area (Å²) in [7, 11) is -3.58. The van der Waals surface area contributed by atoms with Crippen molar-refractivity contribution in [2.75, 3.05) is 17.1 Å². The van der Waals surface area contributed by atoms with Gasteiger partial charge in [-0.25, -0.2) is 8.42 Å². The van der Waals surface area contributed by atoms with E-state index in [0.29, 0.717) is 5.69 Å². The largest absolute Gasteiger partial charge is 0.348 e. The van der Waals surface area contributed by atoms with Crippen LogP contribution in [0.3, 0.4) is 0 Å². The quantitative estimate of drug-likeness (QED) is 0.787. The molecule has 27 heavy (non-hydrogen) atoms. The van der Waals surface area contributed by atoms with Crippen molar-refractivity contribution in [1.82, 2.24) is 5.32 Å². The summed E-state index contributed by atoms with van der Waals surface area (Å²) < 4.78 is 25.6. The first-order chi connectivity index (χ1) is 12.6. The summed E-state index contributed by atoms with van der Waals surface area (Å²) in [6.45, 7) is 7.69. The first kappa shape index (κ1) is 21.0. The number of hydrogen-bond donors (Lipinski definition) is 1. The number of carbonyl (C=O) groups is 1. The predicted octanol–water partition coefficient (Wildman–Crippen LogP) is 3.65. The van der Waals surface area contributed by atoms with Crippen LogP contribution in [0.1, 0.15) is 41.6 Å². The number of benzene rings is 2. The Morgan fingerprint density at radius 3 is 2.30 bits per heavy atom. The van der Waals surface area contributed by atoms with Gasteiger partial charge in [-0.05, 0) is 56.0 Å². The summed E-state index contributed by atoms with van der Waals surface area (Å²) in [4.78, 5) is 12.7. The summed E-state index contributed by atoms with van der Waals surface area (Å²) in [5.74, 6) is -0.325. The van der Waals surface area contributed by atoms with Crippen LogP contribution in [0.15, 0.2) is 42.5 Å². The lowest BCUT2D eigenvalue weighted by Crippen LogP contribution is -2.41. The fraction of sp³-hybridized carbons (Fsp3) is 0.381. The van der Waals surface area contributed by atoms with Gasteiger partial charge in [-0.15, -0.1) is 0 Å². The second-order valence-electron chi connectivity index (χ2n) is 7.00. The minimum Gasteiger partial charge on any atom is -0.348 e. The molecule has 0 aliphatic heterocycles. The Labute approximate surface area is 162 Å². The van der Waals surface area contributed by atoms with Gasteiger partial charge in [0.05, 0.1) is 18.0 Å². The number of anilines is 1. The van der Waals surface area contributed by atoms with Crippen molar-refractivity contribution in [3.8, 4) is 0 Å². The van der Waals surface area contributed by atoms with E-state index in [9.17, 15) is 13.2 Å². The number of rotatable bonds is 7. The Bertz CT molecular complexity index is 923. The maximum absolute atomic E-state index is 12.7. The average Bonchev–Trinajstić information content (AvgIpc) is 2.57. The number of amides is 1. The second kappa shape index (κ2) is 8.57. The van der Waals surface area contributed by atoms with Gasteiger partial charge in [0, 0.05) is 0 Å². The van der Waals surface area contributed by atoms with E-state index in [1.165, 1.54) is 5.56 Å². The standard InChI is InChI=1S/C21H28N2O3S/c1-6-20(19-11-10-16(3)12-17(19)4)22-21(24)14-23(27(5,25)26)18-9-7-8-15(2)13-18/h7-13,20H,6,14H2,1-5H3,(H,22,24). The average molecular weight is 389 g/mol. The molecule has 0 radical (unpaired) electrons. The van der Waals surface area contributed by atoms with E-state index in [-0.39, 0.29) is 18.5 Å². The summed E-state index contributed by atoms with van der Waals surface area (Å²) in [6.07, 6.45) is 1.84. The highest BCUT2D eigenvalue weighted by Gasteiger charge is 2.23. The highest BCUT2D eigenvalue weighted by Crippen LogP contribution is 2.23. The van der Waals surface area contributed by atoms with Crippen molar-refractivity contribution in [1.29, 1.82) is 0 Å². The first-order valence-corrected chi connectivity index (χ1v) is 10.9. The van der Waals surface area contributed by atoms with Crippen molar-refractivity contribution < 1.29 is 13.2 Å². The Hall–Kier alpha value is -2.34. The minimum absolute atomic E-state index is 0.156. The van der Waals surface area contributed by atoms with Crippen molar-refractivity contribution in [3.05, 3.63) is 64.7 Å². The van der Waals surface area contributed by atoms with Crippen LogP contribution in [0, 0.1) is 20.8 Å². The molecule has 0 spiro atoms. The molecule has 0 saturated carbocycles. The maximum Gasteiger partial charge on any atom is 0.241 e. The van der Waals surface area contributed by atoms with Gasteiger partial charge < -0.3 is 5.32 Å². The van der Waals surface area contributed by atoms with Gasteiger partial charge in [0.25, 0.3) is 0 Å². The van der Waals surface area contributed by atoms with Gasteiger partial charge in [0.1, 0.15) is 6.54 Å². The van der Waals surface area contributed by atoms with Crippen LogP contribution in [0.25, 0.3) is 0 Å². The number of nitrogens with one attached hydrogen (secondary N) is 1. The molecule has 2 aromatic carbocycles. The van der Waals surface area contributed by atoms with E-state index in [1.54, 1.807) is 18.2 Å². The Morgan fingerprint density at radius 2 is 1.74 bits per heavy atom. The van der Waals surface area contributed by atoms with Crippen LogP contribution in [-0.4, -0.2) is 27.1 Å². The van der Waals surface area contributed by atoms with Crippen LogP contribution >= 0.6 is 0 Å². The lowest BCUT2D eigenvalue weighted by atomic mass is 9.97. The molecule has 0 saturated heterocycles. The van der Waals surface area contributed by atoms with E-state index in [0.717, 1.165) is 33.7 Å². The molecule has 1 amide bonds. The first-order valence-electron chi connectivity index (χ1n) is 9.02. The summed E-state index contributed by atoms with van der Waals surface area (Å²) >= 11 is 0. The van der Waals surface area contributed by atoms with Crippen LogP contribution in [0.4, 0.5) is 5.69 Å². The van der Waals surface area contributed by atoms with Gasteiger partial charge in [-0.3, -0.25) is 9.10 Å². The number of sulfonamides is 1. The van der Waals surface area contributed by atoms with Gasteiger partial charge in [-0.1, -0.05) is 42.8 Å². The fourth-order valence-corrected chi connectivity index (χ4v) is 4.02. The topological polar surface area (TPSA) is 66.5 Å². The SMILES string of the molecule is CCC(NC(=O)CN(c1cccc(C)c1)S(C)(=O)=O)c1ccc(C)cc1C. The zero-order chi connectivity index (χ0) is 20.2. The molecule has 0 heterocycles. The third-order valence-corrected chi connectivity index (χ3v) is 5.66. The number of aryl methyl sites for hydroxylation is 3. The Kier molecular flexibility index (Phi) is 6.65. The van der Waals surface area contributed by atoms with Gasteiger partial charge in [0.15, 0.2) is 0 Å². The van der Waals surface area contributed by atoms with Gasteiger partial charge in [-0.2, -0.15) is 0 Å². The van der Waals surface area contributed by atoms with Crippen molar-refractivity contribution in [2.24, 2.45) is 0 Å². The molecule has 0 aromatic heterocycles. The van der Waals surface area contributed by atoms with Crippen LogP contribution < -0.4 is 9.62 Å². The Morgan fingerprint density at radius 1 is 1.07 bits per heavy atom. The number of nitrogens with zero attached hydrogens (tertiary/aromatic N) is 1. The lowest BCUT2D eigenvalue weighted by Gasteiger charge is -2.25. The maximum atomic E-state index is 12.7. The molecule has 1 atom stereocenters. The molecule has 0 aliphatic rings. The smallest absolute Gasteiger partial charge is 0.241 e. The van der Waals surface area contributed by atoms with E-state index in [2.05, 4.69) is 11.4 Å². The number of hydrogen-bond acceptors (Lipinski definition) is 3. The highest BCUT2D eigenvalue weighted by molar-refractivity contribution is 7.92. The molecule has 1 N–H and O–H groups in total. The molecule has 1 unspecified atom stereocenters. The highest BCUT2D eigenvalue weighted by atomic mass is 32.2. The number of carbonyl (C=O) groups excluding carboxylic acids is 1. The van der Waals surface area contributed by atoms with Crippen molar-refractivity contribution in [2.45, 2.75) is 40.2 Å². The summed E-state index contributed by atoms with van der Waals surface area (Å²) in [5.41, 5.74) is 4.76. The van der Waals surface area contributed by atoms with Crippen molar-refractivity contribution >= 4 is 21.6 Å². The lowest BCUT2D eigenvalue weighted by molar-refractivity contribution is -0.120.